The van der Waals surface area contributed by atoms with Crippen LogP contribution in [0.1, 0.15) is 75.2 Å². The third-order valence-corrected chi connectivity index (χ3v) is 7.27. The van der Waals surface area contributed by atoms with Crippen LogP contribution in [-0.2, 0) is 18.8 Å². The summed E-state index contributed by atoms with van der Waals surface area (Å²) in [6.45, 7) is 18.5. The maximum atomic E-state index is 13.5. The number of ether oxygens (including phenoxy) is 1. The lowest BCUT2D eigenvalue weighted by molar-refractivity contribution is -0.135. The standard InChI is InChI=1S/C26H44BN5O5/c1-17(2)20(30-23(34)35-24(3,4)5)21(33)32-13-11-12-19(32)16-31(10)22-28-14-18(15-29-22)27-36-25(6,7)26(8,9)37-27/h14-15,17,19-20H,11-13,16H2,1-10H3,(H,30,34)/t19-,20-/m0/s1. The summed E-state index contributed by atoms with van der Waals surface area (Å²) in [5.41, 5.74) is -0.734. The van der Waals surface area contributed by atoms with Crippen LogP contribution in [-0.4, -0.2) is 83.0 Å². The van der Waals surface area contributed by atoms with Crippen LogP contribution in [0.5, 0.6) is 0 Å². The minimum absolute atomic E-state index is 0.00874. The molecule has 2 aliphatic heterocycles. The Balaban J connectivity index is 1.64. The predicted molar refractivity (Wildman–Crippen MR) is 144 cm³/mol. The zero-order valence-electron chi connectivity index (χ0n) is 24.1. The zero-order chi connectivity index (χ0) is 27.8. The van der Waals surface area contributed by atoms with E-state index in [2.05, 4.69) is 15.3 Å². The number of aromatic nitrogens is 2. The second kappa shape index (κ2) is 10.8. The smallest absolute Gasteiger partial charge is 0.444 e. The van der Waals surface area contributed by atoms with Gasteiger partial charge in [0, 0.05) is 44.0 Å². The van der Waals surface area contributed by atoms with Gasteiger partial charge in [-0.3, -0.25) is 4.79 Å². The highest BCUT2D eigenvalue weighted by molar-refractivity contribution is 6.61. The molecule has 2 amide bonds. The van der Waals surface area contributed by atoms with Gasteiger partial charge in [0.15, 0.2) is 0 Å². The molecule has 2 fully saturated rings. The summed E-state index contributed by atoms with van der Waals surface area (Å²) in [5, 5.41) is 2.79. The number of hydrogen-bond donors (Lipinski definition) is 1. The van der Waals surface area contributed by atoms with Gasteiger partial charge in [-0.15, -0.1) is 0 Å². The fraction of sp³-hybridized carbons (Fsp3) is 0.769. The van der Waals surface area contributed by atoms with Crippen molar-refractivity contribution in [2.24, 2.45) is 5.92 Å². The summed E-state index contributed by atoms with van der Waals surface area (Å²) >= 11 is 0. The SMILES string of the molecule is CC(C)[C@H](NC(=O)OC(C)(C)C)C(=O)N1CCC[C@H]1CN(C)c1ncc(B2OC(C)(C)C(C)(C)O2)cn1. The van der Waals surface area contributed by atoms with Gasteiger partial charge in [-0.25, -0.2) is 14.8 Å². The second-order valence-electron chi connectivity index (χ2n) is 12.5. The van der Waals surface area contributed by atoms with E-state index < -0.39 is 36.1 Å². The van der Waals surface area contributed by atoms with E-state index in [-0.39, 0.29) is 17.9 Å². The highest BCUT2D eigenvalue weighted by Gasteiger charge is 2.52. The molecule has 0 spiro atoms. The van der Waals surface area contributed by atoms with Crippen LogP contribution < -0.4 is 15.7 Å². The first-order valence-electron chi connectivity index (χ1n) is 13.2. The number of hydrogen-bond acceptors (Lipinski definition) is 8. The van der Waals surface area contributed by atoms with Crippen molar-refractivity contribution in [3.05, 3.63) is 12.4 Å². The summed E-state index contributed by atoms with van der Waals surface area (Å²) in [4.78, 5) is 38.8. The quantitative estimate of drug-likeness (QED) is 0.551. The van der Waals surface area contributed by atoms with Gasteiger partial charge in [-0.2, -0.15) is 0 Å². The summed E-state index contributed by atoms with van der Waals surface area (Å²) in [7, 11) is 1.40. The molecule has 0 aromatic carbocycles. The van der Waals surface area contributed by atoms with Gasteiger partial charge in [0.05, 0.1) is 11.2 Å². The topological polar surface area (TPSA) is 106 Å². The molecule has 2 atom stereocenters. The molecule has 1 aromatic heterocycles. The van der Waals surface area contributed by atoms with Crippen LogP contribution in [0.25, 0.3) is 0 Å². The molecule has 0 aliphatic carbocycles. The zero-order valence-corrected chi connectivity index (χ0v) is 24.1. The molecule has 0 bridgehead atoms. The minimum Gasteiger partial charge on any atom is -0.444 e. The van der Waals surface area contributed by atoms with Crippen molar-refractivity contribution in [3.8, 4) is 0 Å². The Labute approximate surface area is 222 Å². The molecule has 2 saturated heterocycles. The number of carbonyl (C=O) groups is 2. The van der Waals surface area contributed by atoms with Gasteiger partial charge in [0.1, 0.15) is 11.6 Å². The number of alkyl carbamates (subject to hydrolysis) is 1. The van der Waals surface area contributed by atoms with Crippen molar-refractivity contribution < 1.29 is 23.6 Å². The average Bonchev–Trinajstić information content (AvgIpc) is 3.31. The Hall–Kier alpha value is -2.40. The minimum atomic E-state index is -0.656. The van der Waals surface area contributed by atoms with Crippen LogP contribution in [0.4, 0.5) is 10.7 Å². The highest BCUT2D eigenvalue weighted by Crippen LogP contribution is 2.36. The number of carbonyl (C=O) groups excluding carboxylic acids is 2. The van der Waals surface area contributed by atoms with Gasteiger partial charge < -0.3 is 29.2 Å². The Morgan fingerprint density at radius 1 is 1.19 bits per heavy atom. The first kappa shape index (κ1) is 29.2. The van der Waals surface area contributed by atoms with Crippen LogP contribution in [0, 0.1) is 5.92 Å². The van der Waals surface area contributed by atoms with Gasteiger partial charge >= 0.3 is 13.2 Å². The lowest BCUT2D eigenvalue weighted by Gasteiger charge is -2.33. The van der Waals surface area contributed by atoms with Crippen molar-refractivity contribution in [1.29, 1.82) is 0 Å². The van der Waals surface area contributed by atoms with E-state index in [0.29, 0.717) is 19.0 Å². The third kappa shape index (κ3) is 6.93. The number of nitrogens with one attached hydrogen (secondary N) is 1. The third-order valence-electron chi connectivity index (χ3n) is 7.27. The predicted octanol–water partition coefficient (Wildman–Crippen LogP) is 2.75. The number of amides is 2. The van der Waals surface area contributed by atoms with Crippen LogP contribution in [0.2, 0.25) is 0 Å². The first-order valence-corrected chi connectivity index (χ1v) is 13.2. The molecule has 11 heteroatoms. The molecule has 0 radical (unpaired) electrons. The molecule has 1 aromatic rings. The molecular weight excluding hydrogens is 473 g/mol. The fourth-order valence-corrected chi connectivity index (χ4v) is 4.47. The normalized spacial score (nSPS) is 21.8. The maximum absolute atomic E-state index is 13.5. The molecule has 206 valence electrons. The van der Waals surface area contributed by atoms with Gasteiger partial charge in [-0.05, 0) is 67.2 Å². The Morgan fingerprint density at radius 3 is 2.27 bits per heavy atom. The fourth-order valence-electron chi connectivity index (χ4n) is 4.47. The van der Waals surface area contributed by atoms with E-state index in [1.54, 1.807) is 33.2 Å². The Morgan fingerprint density at radius 2 is 1.76 bits per heavy atom. The molecular formula is C26H44BN5O5. The second-order valence-corrected chi connectivity index (χ2v) is 12.5. The number of rotatable bonds is 7. The van der Waals surface area contributed by atoms with Crippen molar-refractivity contribution in [3.63, 3.8) is 0 Å². The molecule has 2 aliphatic rings. The summed E-state index contributed by atoms with van der Waals surface area (Å²) in [5.74, 6) is 0.394. The van der Waals surface area contributed by atoms with E-state index in [1.807, 2.05) is 58.4 Å². The van der Waals surface area contributed by atoms with Crippen LogP contribution >= 0.6 is 0 Å². The molecule has 0 saturated carbocycles. The van der Waals surface area contributed by atoms with E-state index in [4.69, 9.17) is 14.0 Å². The van der Waals surface area contributed by atoms with Gasteiger partial charge in [0.2, 0.25) is 11.9 Å². The molecule has 1 N–H and O–H groups in total. The van der Waals surface area contributed by atoms with Crippen molar-refractivity contribution in [1.82, 2.24) is 20.2 Å². The highest BCUT2D eigenvalue weighted by atomic mass is 16.7. The first-order chi connectivity index (χ1) is 17.0. The monoisotopic (exact) mass is 517 g/mol. The Bertz CT molecular complexity index is 947. The number of nitrogens with zero attached hydrogens (tertiary/aromatic N) is 4. The summed E-state index contributed by atoms with van der Waals surface area (Å²) < 4.78 is 17.6. The molecule has 10 nitrogen and oxygen atoms in total. The van der Waals surface area contributed by atoms with Gasteiger partial charge in [-0.1, -0.05) is 13.8 Å². The van der Waals surface area contributed by atoms with Crippen LogP contribution in [0.3, 0.4) is 0 Å². The van der Waals surface area contributed by atoms with Crippen molar-refractivity contribution in [2.45, 2.75) is 104 Å². The maximum Gasteiger partial charge on any atom is 0.498 e. The van der Waals surface area contributed by atoms with E-state index >= 15 is 0 Å². The van der Waals surface area contributed by atoms with Crippen LogP contribution in [0.15, 0.2) is 12.4 Å². The molecule has 37 heavy (non-hydrogen) atoms. The van der Waals surface area contributed by atoms with E-state index in [9.17, 15) is 9.59 Å². The molecule has 0 unspecified atom stereocenters. The van der Waals surface area contributed by atoms with E-state index in [1.165, 1.54) is 0 Å². The Kier molecular flexibility index (Phi) is 8.49. The lowest BCUT2D eigenvalue weighted by atomic mass is 9.81. The number of likely N-dealkylation sites (tertiary alicyclic amines) is 1. The summed E-state index contributed by atoms with van der Waals surface area (Å²) in [6, 6.07) is -0.665. The molecule has 3 rings (SSSR count). The molecule has 3 heterocycles. The lowest BCUT2D eigenvalue weighted by Crippen LogP contribution is -2.54. The van der Waals surface area contributed by atoms with Gasteiger partial charge in [0.25, 0.3) is 0 Å². The number of likely N-dealkylation sites (N-methyl/N-ethyl adjacent to an activating group) is 1. The average molecular weight is 517 g/mol. The van der Waals surface area contributed by atoms with E-state index in [0.717, 1.165) is 18.3 Å². The number of anilines is 1. The van der Waals surface area contributed by atoms with Crippen molar-refractivity contribution >= 4 is 30.5 Å². The largest absolute Gasteiger partial charge is 0.498 e. The van der Waals surface area contributed by atoms with Crippen molar-refractivity contribution in [2.75, 3.05) is 25.0 Å². The summed E-state index contributed by atoms with van der Waals surface area (Å²) in [6.07, 6.45) is 4.67.